The number of nitrogens with two attached hydrogens (primary N) is 2. The fourth-order valence-corrected chi connectivity index (χ4v) is 3.91. The van der Waals surface area contributed by atoms with Gasteiger partial charge in [0.1, 0.15) is 0 Å². The van der Waals surface area contributed by atoms with Crippen molar-refractivity contribution in [3.8, 4) is 0 Å². The third-order valence-corrected chi connectivity index (χ3v) is 5.32. The molecule has 136 valence electrons. The summed E-state index contributed by atoms with van der Waals surface area (Å²) in [5, 5.41) is 1.62. The highest BCUT2D eigenvalue weighted by atomic mass is 32.2. The van der Waals surface area contributed by atoms with Crippen molar-refractivity contribution in [2.24, 2.45) is 16.5 Å². The lowest BCUT2D eigenvalue weighted by Crippen LogP contribution is -2.25. The maximum Gasteiger partial charge on any atom is 0.241 e. The highest BCUT2D eigenvalue weighted by Crippen LogP contribution is 2.29. The molecule has 0 fully saturated rings. The van der Waals surface area contributed by atoms with Crippen molar-refractivity contribution in [1.82, 2.24) is 4.72 Å². The summed E-state index contributed by atoms with van der Waals surface area (Å²) in [5.74, 6) is 0.0491. The maximum absolute atomic E-state index is 12.7. The number of unbranched alkanes of at least 4 members (excludes halogenated alkanes) is 1. The van der Waals surface area contributed by atoms with Crippen LogP contribution >= 0.6 is 0 Å². The highest BCUT2D eigenvalue weighted by molar-refractivity contribution is 7.89. The minimum atomic E-state index is -3.59. The summed E-state index contributed by atoms with van der Waals surface area (Å²) < 4.78 is 28.0. The van der Waals surface area contributed by atoms with Crippen molar-refractivity contribution in [3.05, 3.63) is 36.4 Å². The number of sulfonamides is 1. The minimum absolute atomic E-state index is 0.0491. The number of nitrogens with one attached hydrogen (secondary N) is 1. The maximum atomic E-state index is 12.7. The van der Waals surface area contributed by atoms with E-state index < -0.39 is 10.0 Å². The van der Waals surface area contributed by atoms with Gasteiger partial charge in [0.2, 0.25) is 10.0 Å². The predicted octanol–water partition coefficient (Wildman–Crippen LogP) is 1.24. The minimum Gasteiger partial charge on any atom is -0.377 e. The molecule has 5 N–H and O–H groups in total. The third-order valence-electron chi connectivity index (χ3n) is 3.80. The normalized spacial score (nSPS) is 11.4. The van der Waals surface area contributed by atoms with Gasteiger partial charge in [0, 0.05) is 43.6 Å². The predicted molar refractivity (Wildman–Crippen MR) is 103 cm³/mol. The molecule has 2 aromatic carbocycles. The Labute approximate surface area is 148 Å². The van der Waals surface area contributed by atoms with Crippen molar-refractivity contribution in [3.63, 3.8) is 0 Å². The summed E-state index contributed by atoms with van der Waals surface area (Å²) in [6.07, 6.45) is 1.37. The van der Waals surface area contributed by atoms with E-state index in [-0.39, 0.29) is 10.9 Å². The summed E-state index contributed by atoms with van der Waals surface area (Å²) in [6, 6.07) is 11.0. The average Bonchev–Trinajstić information content (AvgIpc) is 2.56. The van der Waals surface area contributed by atoms with Crippen LogP contribution in [-0.4, -0.2) is 41.6 Å². The Morgan fingerprint density at radius 2 is 1.76 bits per heavy atom. The summed E-state index contributed by atoms with van der Waals surface area (Å²) in [5.41, 5.74) is 11.5. The van der Waals surface area contributed by atoms with E-state index in [1.807, 2.05) is 43.3 Å². The Balaban J connectivity index is 2.17. The SMILES string of the molecule is CN(C)c1cccc2c(S(=O)(=O)NCCCCN=C(N)N)cccc12. The molecule has 0 saturated carbocycles. The quantitative estimate of drug-likeness (QED) is 0.371. The summed E-state index contributed by atoms with van der Waals surface area (Å²) >= 11 is 0. The topological polar surface area (TPSA) is 114 Å². The molecule has 0 radical (unpaired) electrons. The molecular formula is C17H25N5O2S. The number of anilines is 1. The van der Waals surface area contributed by atoms with Gasteiger partial charge >= 0.3 is 0 Å². The number of hydrogen-bond donors (Lipinski definition) is 3. The number of benzene rings is 2. The van der Waals surface area contributed by atoms with Gasteiger partial charge in [-0.15, -0.1) is 0 Å². The van der Waals surface area contributed by atoms with Gasteiger partial charge in [0.15, 0.2) is 5.96 Å². The van der Waals surface area contributed by atoms with E-state index in [1.165, 1.54) is 0 Å². The standard InChI is InChI=1S/C17H25N5O2S/c1-22(2)15-9-5-8-14-13(15)7-6-10-16(14)25(23,24)21-12-4-3-11-20-17(18)19/h5-10,21H,3-4,11-12H2,1-2H3,(H4,18,19,20). The first-order valence-electron chi connectivity index (χ1n) is 8.07. The Kier molecular flexibility index (Phi) is 6.22. The molecule has 0 spiro atoms. The fraction of sp³-hybridized carbons (Fsp3) is 0.353. The molecule has 8 heteroatoms. The molecule has 0 saturated heterocycles. The second-order valence-corrected chi connectivity index (χ2v) is 7.67. The molecule has 0 aliphatic heterocycles. The van der Waals surface area contributed by atoms with Gasteiger partial charge in [-0.3, -0.25) is 4.99 Å². The second kappa shape index (κ2) is 8.17. The van der Waals surface area contributed by atoms with E-state index in [9.17, 15) is 8.42 Å². The van der Waals surface area contributed by atoms with Crippen molar-refractivity contribution in [2.75, 3.05) is 32.1 Å². The van der Waals surface area contributed by atoms with E-state index in [0.29, 0.717) is 31.3 Å². The molecular weight excluding hydrogens is 338 g/mol. The number of fused-ring (bicyclic) bond motifs is 1. The zero-order valence-corrected chi connectivity index (χ0v) is 15.4. The van der Waals surface area contributed by atoms with Gasteiger partial charge in [-0.1, -0.05) is 24.3 Å². The van der Waals surface area contributed by atoms with Crippen LogP contribution in [-0.2, 0) is 10.0 Å². The van der Waals surface area contributed by atoms with E-state index >= 15 is 0 Å². The number of hydrogen-bond acceptors (Lipinski definition) is 4. The molecule has 25 heavy (non-hydrogen) atoms. The number of nitrogens with zero attached hydrogens (tertiary/aromatic N) is 2. The van der Waals surface area contributed by atoms with E-state index in [2.05, 4.69) is 9.71 Å². The van der Waals surface area contributed by atoms with Crippen molar-refractivity contribution >= 4 is 32.4 Å². The van der Waals surface area contributed by atoms with Crippen LogP contribution in [0, 0.1) is 0 Å². The van der Waals surface area contributed by atoms with Crippen molar-refractivity contribution in [2.45, 2.75) is 17.7 Å². The van der Waals surface area contributed by atoms with E-state index in [1.54, 1.807) is 12.1 Å². The molecule has 2 aromatic rings. The smallest absolute Gasteiger partial charge is 0.241 e. The molecule has 0 amide bonds. The van der Waals surface area contributed by atoms with E-state index in [4.69, 9.17) is 11.5 Å². The van der Waals surface area contributed by atoms with Gasteiger partial charge < -0.3 is 16.4 Å². The summed E-state index contributed by atoms with van der Waals surface area (Å²) in [4.78, 5) is 6.13. The molecule has 7 nitrogen and oxygen atoms in total. The van der Waals surface area contributed by atoms with Crippen LogP contribution in [0.25, 0.3) is 10.8 Å². The van der Waals surface area contributed by atoms with Crippen LogP contribution in [0.2, 0.25) is 0 Å². The largest absolute Gasteiger partial charge is 0.377 e. The zero-order chi connectivity index (χ0) is 18.4. The van der Waals surface area contributed by atoms with Gasteiger partial charge in [-0.2, -0.15) is 0 Å². The second-order valence-electron chi connectivity index (χ2n) is 5.93. The first-order chi connectivity index (χ1) is 11.8. The number of guanidine groups is 1. The zero-order valence-electron chi connectivity index (χ0n) is 14.6. The van der Waals surface area contributed by atoms with Gasteiger partial charge in [-0.05, 0) is 25.0 Å². The Morgan fingerprint density at radius 3 is 2.44 bits per heavy atom. The van der Waals surface area contributed by atoms with Crippen LogP contribution < -0.4 is 21.1 Å². The molecule has 0 atom stereocenters. The average molecular weight is 363 g/mol. The molecule has 0 aliphatic carbocycles. The third kappa shape index (κ3) is 4.83. The molecule has 2 rings (SSSR count). The summed E-state index contributed by atoms with van der Waals surface area (Å²) in [6.45, 7) is 0.830. The molecule has 0 aliphatic rings. The lowest BCUT2D eigenvalue weighted by Gasteiger charge is -2.17. The molecule has 0 heterocycles. The van der Waals surface area contributed by atoms with Crippen molar-refractivity contribution in [1.29, 1.82) is 0 Å². The van der Waals surface area contributed by atoms with Gasteiger partial charge in [0.25, 0.3) is 0 Å². The summed E-state index contributed by atoms with van der Waals surface area (Å²) in [7, 11) is 0.284. The van der Waals surface area contributed by atoms with Crippen LogP contribution in [0.5, 0.6) is 0 Å². The van der Waals surface area contributed by atoms with Crippen LogP contribution in [0.1, 0.15) is 12.8 Å². The van der Waals surface area contributed by atoms with Gasteiger partial charge in [0.05, 0.1) is 4.90 Å². The molecule has 0 bridgehead atoms. The van der Waals surface area contributed by atoms with Crippen LogP contribution in [0.4, 0.5) is 5.69 Å². The van der Waals surface area contributed by atoms with Crippen molar-refractivity contribution < 1.29 is 8.42 Å². The first kappa shape index (κ1) is 19.0. The first-order valence-corrected chi connectivity index (χ1v) is 9.55. The van der Waals surface area contributed by atoms with Gasteiger partial charge in [-0.25, -0.2) is 13.1 Å². The number of rotatable bonds is 8. The lowest BCUT2D eigenvalue weighted by atomic mass is 10.1. The Morgan fingerprint density at radius 1 is 1.08 bits per heavy atom. The Bertz CT molecular complexity index is 858. The fourth-order valence-electron chi connectivity index (χ4n) is 2.62. The molecule has 0 unspecified atom stereocenters. The molecule has 0 aromatic heterocycles. The van der Waals surface area contributed by atoms with E-state index in [0.717, 1.165) is 11.1 Å². The highest BCUT2D eigenvalue weighted by Gasteiger charge is 2.17. The number of aliphatic imine (C=N–C) groups is 1. The Hall–Kier alpha value is -2.32. The lowest BCUT2D eigenvalue weighted by molar-refractivity contribution is 0.578. The van der Waals surface area contributed by atoms with Crippen LogP contribution in [0.3, 0.4) is 0 Å². The van der Waals surface area contributed by atoms with Crippen LogP contribution in [0.15, 0.2) is 46.3 Å². The monoisotopic (exact) mass is 363 g/mol.